The molecule has 1 atom stereocenters. The molecule has 2 aliphatic rings. The first-order chi connectivity index (χ1) is 20.4. The molecule has 0 unspecified atom stereocenters. The van der Waals surface area contributed by atoms with Gasteiger partial charge in [-0.3, -0.25) is 4.90 Å². The molecule has 0 amide bonds. The molecule has 11 heteroatoms. The lowest BCUT2D eigenvalue weighted by molar-refractivity contribution is -0.0592. The van der Waals surface area contributed by atoms with Crippen molar-refractivity contribution in [1.29, 1.82) is 0 Å². The largest absolute Gasteiger partial charge is 0.486 e. The summed E-state index contributed by atoms with van der Waals surface area (Å²) in [5.41, 5.74) is 3.06. The number of nitrogens with zero attached hydrogens (tertiary/aromatic N) is 4. The molecule has 9 nitrogen and oxygen atoms in total. The number of carbonyl (C=O) groups is 1. The number of rotatable bonds is 10. The zero-order valence-electron chi connectivity index (χ0n) is 23.3. The van der Waals surface area contributed by atoms with Gasteiger partial charge in [-0.25, -0.2) is 14.8 Å². The number of imidazole rings is 1. The van der Waals surface area contributed by atoms with Crippen LogP contribution in [0, 0.1) is 0 Å². The molecule has 0 radical (unpaired) electrons. The SMILES string of the molecule is COC(=O)c1ccc2nc(CN3CCC(Oc4cccc(COc5ccc(Cl)cc5Cl)n4)CC3)n(C[C@@H]3CCO3)c2c1. The molecule has 2 aromatic carbocycles. The first-order valence-electron chi connectivity index (χ1n) is 14.1. The van der Waals surface area contributed by atoms with Gasteiger partial charge in [-0.1, -0.05) is 29.3 Å². The zero-order valence-corrected chi connectivity index (χ0v) is 24.8. The van der Waals surface area contributed by atoms with Crippen LogP contribution >= 0.6 is 23.2 Å². The van der Waals surface area contributed by atoms with E-state index >= 15 is 0 Å². The minimum atomic E-state index is -0.355. The van der Waals surface area contributed by atoms with Crippen LogP contribution in [0.25, 0.3) is 11.0 Å². The Kier molecular flexibility index (Phi) is 8.81. The van der Waals surface area contributed by atoms with Crippen LogP contribution in [-0.2, 0) is 29.2 Å². The van der Waals surface area contributed by atoms with Crippen molar-refractivity contribution in [3.8, 4) is 11.6 Å². The zero-order chi connectivity index (χ0) is 29.1. The second-order valence-corrected chi connectivity index (χ2v) is 11.4. The highest BCUT2D eigenvalue weighted by Gasteiger charge is 2.26. The minimum Gasteiger partial charge on any atom is -0.486 e. The normalized spacial score (nSPS) is 17.6. The highest BCUT2D eigenvalue weighted by Crippen LogP contribution is 2.29. The van der Waals surface area contributed by atoms with Gasteiger partial charge in [0.15, 0.2) is 0 Å². The van der Waals surface area contributed by atoms with Crippen LogP contribution in [0.2, 0.25) is 10.0 Å². The Morgan fingerprint density at radius 2 is 1.88 bits per heavy atom. The Morgan fingerprint density at radius 1 is 1.05 bits per heavy atom. The van der Waals surface area contributed by atoms with E-state index in [4.69, 9.17) is 47.1 Å². The number of fused-ring (bicyclic) bond motifs is 1. The Labute approximate surface area is 254 Å². The van der Waals surface area contributed by atoms with Crippen LogP contribution in [0.3, 0.4) is 0 Å². The monoisotopic (exact) mass is 610 g/mol. The van der Waals surface area contributed by atoms with Gasteiger partial charge in [0.25, 0.3) is 0 Å². The van der Waals surface area contributed by atoms with Gasteiger partial charge in [-0.15, -0.1) is 0 Å². The number of ether oxygens (including phenoxy) is 4. The summed E-state index contributed by atoms with van der Waals surface area (Å²) in [5.74, 6) is 1.75. The van der Waals surface area contributed by atoms with E-state index in [1.165, 1.54) is 7.11 Å². The van der Waals surface area contributed by atoms with Crippen molar-refractivity contribution in [3.05, 3.63) is 81.7 Å². The fourth-order valence-electron chi connectivity index (χ4n) is 5.28. The predicted molar refractivity (Wildman–Crippen MR) is 159 cm³/mol. The number of carbonyl (C=O) groups excluding carboxylic acids is 1. The summed E-state index contributed by atoms with van der Waals surface area (Å²) >= 11 is 12.2. The summed E-state index contributed by atoms with van der Waals surface area (Å²) in [4.78, 5) is 24.1. The molecule has 0 saturated carbocycles. The highest BCUT2D eigenvalue weighted by atomic mass is 35.5. The molecule has 6 rings (SSSR count). The molecule has 4 heterocycles. The second-order valence-electron chi connectivity index (χ2n) is 10.5. The summed E-state index contributed by atoms with van der Waals surface area (Å²) in [6.45, 7) is 4.23. The van der Waals surface area contributed by atoms with Gasteiger partial charge in [-0.2, -0.15) is 0 Å². The number of hydrogen-bond acceptors (Lipinski definition) is 8. The Morgan fingerprint density at radius 3 is 2.62 bits per heavy atom. The highest BCUT2D eigenvalue weighted by molar-refractivity contribution is 6.35. The quantitative estimate of drug-likeness (QED) is 0.204. The van der Waals surface area contributed by atoms with Crippen molar-refractivity contribution in [3.63, 3.8) is 0 Å². The van der Waals surface area contributed by atoms with Crippen LogP contribution in [0.15, 0.2) is 54.6 Å². The number of piperidine rings is 1. The Bertz CT molecular complexity index is 1570. The van der Waals surface area contributed by atoms with E-state index in [9.17, 15) is 4.79 Å². The summed E-state index contributed by atoms with van der Waals surface area (Å²) < 4.78 is 24.9. The van der Waals surface area contributed by atoms with Crippen LogP contribution in [0.5, 0.6) is 11.6 Å². The molecule has 0 bridgehead atoms. The maximum absolute atomic E-state index is 12.2. The first-order valence-corrected chi connectivity index (χ1v) is 14.8. The Balaban J connectivity index is 1.07. The van der Waals surface area contributed by atoms with E-state index in [-0.39, 0.29) is 24.8 Å². The average molecular weight is 612 g/mol. The van der Waals surface area contributed by atoms with Crippen LogP contribution in [0.1, 0.15) is 41.1 Å². The molecular weight excluding hydrogens is 579 g/mol. The fourth-order valence-corrected chi connectivity index (χ4v) is 5.74. The summed E-state index contributed by atoms with van der Waals surface area (Å²) in [7, 11) is 1.39. The number of likely N-dealkylation sites (tertiary alicyclic amines) is 1. The molecule has 0 aliphatic carbocycles. The number of esters is 1. The number of halogens is 2. The van der Waals surface area contributed by atoms with Gasteiger partial charge < -0.3 is 23.5 Å². The molecule has 0 spiro atoms. The molecule has 220 valence electrons. The molecule has 2 saturated heterocycles. The van der Waals surface area contributed by atoms with Gasteiger partial charge in [0.2, 0.25) is 5.88 Å². The van der Waals surface area contributed by atoms with E-state index in [1.807, 2.05) is 30.3 Å². The van der Waals surface area contributed by atoms with Crippen molar-refractivity contribution in [2.45, 2.75) is 51.2 Å². The topological polar surface area (TPSA) is 87.9 Å². The summed E-state index contributed by atoms with van der Waals surface area (Å²) in [6.07, 6.45) is 3.01. The predicted octanol–water partition coefficient (Wildman–Crippen LogP) is 5.94. The van der Waals surface area contributed by atoms with Crippen molar-refractivity contribution in [2.75, 3.05) is 26.8 Å². The smallest absolute Gasteiger partial charge is 0.337 e. The fraction of sp³-hybridized carbons (Fsp3) is 0.387. The standard InChI is InChI=1S/C31H32Cl2N4O5/c1-39-31(38)20-5-7-26-27(15-20)37(17-24-11-14-40-24)29(35-26)18-36-12-9-23(10-13-36)42-30-4-2-3-22(34-30)19-41-28-8-6-21(32)16-25(28)33/h2-8,15-16,23-24H,9-14,17-19H2,1H3/t24-/m0/s1. The lowest BCUT2D eigenvalue weighted by Gasteiger charge is -2.32. The van der Waals surface area contributed by atoms with Crippen LogP contribution < -0.4 is 9.47 Å². The Hall–Kier alpha value is -3.37. The van der Waals surface area contributed by atoms with Gasteiger partial charge >= 0.3 is 5.97 Å². The molecule has 2 aliphatic heterocycles. The maximum atomic E-state index is 12.2. The molecule has 4 aromatic rings. The van der Waals surface area contributed by atoms with Crippen molar-refractivity contribution in [2.24, 2.45) is 0 Å². The molecule has 2 aromatic heterocycles. The van der Waals surface area contributed by atoms with E-state index in [1.54, 1.807) is 24.3 Å². The van der Waals surface area contributed by atoms with Crippen molar-refractivity contribution >= 4 is 40.2 Å². The number of pyridine rings is 1. The number of methoxy groups -OCH3 is 1. The third-order valence-corrected chi connectivity index (χ3v) is 8.20. The van der Waals surface area contributed by atoms with Gasteiger partial charge in [0.05, 0.1) is 53.6 Å². The lowest BCUT2D eigenvalue weighted by Crippen LogP contribution is -2.39. The second kappa shape index (κ2) is 12.9. The van der Waals surface area contributed by atoms with Gasteiger partial charge in [-0.05, 0) is 61.7 Å². The molecule has 42 heavy (non-hydrogen) atoms. The molecule has 2 fully saturated rings. The van der Waals surface area contributed by atoms with E-state index in [2.05, 4.69) is 14.5 Å². The van der Waals surface area contributed by atoms with Crippen LogP contribution in [0.4, 0.5) is 0 Å². The number of aromatic nitrogens is 3. The first kappa shape index (κ1) is 28.7. The maximum Gasteiger partial charge on any atom is 0.337 e. The van der Waals surface area contributed by atoms with E-state index < -0.39 is 0 Å². The number of benzene rings is 2. The minimum absolute atomic E-state index is 0.0698. The third kappa shape index (κ3) is 6.65. The molecular formula is C31H32Cl2N4O5. The van der Waals surface area contributed by atoms with E-state index in [0.717, 1.165) is 61.5 Å². The average Bonchev–Trinajstić information content (AvgIpc) is 3.31. The third-order valence-electron chi connectivity index (χ3n) is 7.67. The summed E-state index contributed by atoms with van der Waals surface area (Å²) in [5, 5.41) is 1.02. The summed E-state index contributed by atoms with van der Waals surface area (Å²) in [6, 6.07) is 16.3. The number of hydrogen-bond donors (Lipinski definition) is 0. The van der Waals surface area contributed by atoms with Crippen molar-refractivity contribution in [1.82, 2.24) is 19.4 Å². The van der Waals surface area contributed by atoms with Crippen molar-refractivity contribution < 1.29 is 23.7 Å². The van der Waals surface area contributed by atoms with Gasteiger partial charge in [0, 0.05) is 30.8 Å². The van der Waals surface area contributed by atoms with Crippen LogP contribution in [-0.4, -0.2) is 64.4 Å². The molecule has 0 N–H and O–H groups in total. The lowest BCUT2D eigenvalue weighted by atomic mass is 10.1. The van der Waals surface area contributed by atoms with E-state index in [0.29, 0.717) is 40.3 Å². The van der Waals surface area contributed by atoms with Gasteiger partial charge in [0.1, 0.15) is 24.3 Å².